The molecule has 0 atom stereocenters. The average molecular weight is 303 g/mol. The summed E-state index contributed by atoms with van der Waals surface area (Å²) in [5, 5.41) is 1.92. The number of fused-ring (bicyclic) bond motifs is 1. The van der Waals surface area contributed by atoms with E-state index < -0.39 is 0 Å². The summed E-state index contributed by atoms with van der Waals surface area (Å²) in [7, 11) is 0. The van der Waals surface area contributed by atoms with Gasteiger partial charge < -0.3 is 4.90 Å². The van der Waals surface area contributed by atoms with Crippen LogP contribution >= 0.6 is 11.6 Å². The summed E-state index contributed by atoms with van der Waals surface area (Å²) in [6.45, 7) is 6.37. The zero-order valence-corrected chi connectivity index (χ0v) is 13.7. The fraction of sp³-hybridized carbons (Fsp3) is 0.500. The zero-order valence-electron chi connectivity index (χ0n) is 12.9. The molecule has 3 rings (SSSR count). The van der Waals surface area contributed by atoms with E-state index in [1.54, 1.807) is 0 Å². The maximum atomic E-state index is 6.55. The number of nitrogens with zero attached hydrogens (tertiary/aromatic N) is 2. The van der Waals surface area contributed by atoms with Crippen LogP contribution in [0.5, 0.6) is 0 Å². The molecule has 112 valence electrons. The van der Waals surface area contributed by atoms with Crippen LogP contribution in [-0.4, -0.2) is 18.1 Å². The molecule has 0 aliphatic heterocycles. The van der Waals surface area contributed by atoms with Gasteiger partial charge in [0.15, 0.2) is 0 Å². The highest BCUT2D eigenvalue weighted by atomic mass is 35.5. The highest BCUT2D eigenvalue weighted by molar-refractivity contribution is 6.35. The normalized spacial score (nSPS) is 15.8. The minimum atomic E-state index is 0.606. The molecule has 3 heteroatoms. The molecule has 1 heterocycles. The molecule has 2 aromatic rings. The lowest BCUT2D eigenvalue weighted by Gasteiger charge is -2.21. The van der Waals surface area contributed by atoms with Gasteiger partial charge in [-0.05, 0) is 51.0 Å². The van der Waals surface area contributed by atoms with E-state index >= 15 is 0 Å². The summed E-state index contributed by atoms with van der Waals surface area (Å²) < 4.78 is 0. The third-order valence-electron chi connectivity index (χ3n) is 4.66. The van der Waals surface area contributed by atoms with E-state index in [9.17, 15) is 0 Å². The van der Waals surface area contributed by atoms with E-state index in [0.717, 1.165) is 29.0 Å². The number of halogens is 1. The predicted octanol–water partition coefficient (Wildman–Crippen LogP) is 5.39. The van der Waals surface area contributed by atoms with Gasteiger partial charge in [-0.3, -0.25) is 4.98 Å². The molecule has 1 aromatic heterocycles. The molecule has 0 spiro atoms. The quantitative estimate of drug-likeness (QED) is 0.752. The van der Waals surface area contributed by atoms with Crippen LogP contribution in [-0.2, 0) is 0 Å². The van der Waals surface area contributed by atoms with Gasteiger partial charge in [0.1, 0.15) is 0 Å². The lowest BCUT2D eigenvalue weighted by atomic mass is 10.0. The van der Waals surface area contributed by atoms with Gasteiger partial charge in [0.25, 0.3) is 0 Å². The number of anilines is 1. The number of aromatic nitrogens is 1. The highest BCUT2D eigenvalue weighted by Gasteiger charge is 2.19. The second-order valence-corrected chi connectivity index (χ2v) is 6.29. The van der Waals surface area contributed by atoms with Crippen molar-refractivity contribution in [3.8, 4) is 0 Å². The van der Waals surface area contributed by atoms with Crippen molar-refractivity contribution in [1.82, 2.24) is 4.98 Å². The molecule has 1 aliphatic rings. The standard InChI is InChI=1S/C18H23ClN2/c1-3-21(4-2)14-9-10-17-15(11-14)16(19)12-18(20-17)13-7-5-6-8-13/h9-13H,3-8H2,1-2H3. The van der Waals surface area contributed by atoms with Gasteiger partial charge in [-0.1, -0.05) is 24.4 Å². The minimum absolute atomic E-state index is 0.606. The number of pyridine rings is 1. The number of hydrogen-bond donors (Lipinski definition) is 0. The molecule has 0 amide bonds. The Morgan fingerprint density at radius 1 is 1.14 bits per heavy atom. The molecule has 0 bridgehead atoms. The number of rotatable bonds is 4. The van der Waals surface area contributed by atoms with Crippen molar-refractivity contribution >= 4 is 28.2 Å². The van der Waals surface area contributed by atoms with Crippen molar-refractivity contribution in [2.24, 2.45) is 0 Å². The minimum Gasteiger partial charge on any atom is -0.372 e. The average Bonchev–Trinajstić information content (AvgIpc) is 3.03. The summed E-state index contributed by atoms with van der Waals surface area (Å²) in [6, 6.07) is 8.55. The first kappa shape index (κ1) is 14.6. The molecular formula is C18H23ClN2. The van der Waals surface area contributed by atoms with Crippen molar-refractivity contribution in [2.75, 3.05) is 18.0 Å². The Hall–Kier alpha value is -1.28. The Kier molecular flexibility index (Phi) is 4.34. The Morgan fingerprint density at radius 3 is 2.52 bits per heavy atom. The van der Waals surface area contributed by atoms with Crippen LogP contribution in [0.2, 0.25) is 5.02 Å². The fourth-order valence-electron chi connectivity index (χ4n) is 3.41. The second kappa shape index (κ2) is 6.23. The van der Waals surface area contributed by atoms with Crippen molar-refractivity contribution < 1.29 is 0 Å². The third kappa shape index (κ3) is 2.87. The van der Waals surface area contributed by atoms with Gasteiger partial charge in [-0.2, -0.15) is 0 Å². The molecule has 2 nitrogen and oxygen atoms in total. The topological polar surface area (TPSA) is 16.1 Å². The van der Waals surface area contributed by atoms with Gasteiger partial charge >= 0.3 is 0 Å². The van der Waals surface area contributed by atoms with E-state index in [4.69, 9.17) is 16.6 Å². The smallest absolute Gasteiger partial charge is 0.0721 e. The van der Waals surface area contributed by atoms with Crippen LogP contribution < -0.4 is 4.90 Å². The van der Waals surface area contributed by atoms with Gasteiger partial charge in [-0.25, -0.2) is 0 Å². The Morgan fingerprint density at radius 2 is 1.86 bits per heavy atom. The summed E-state index contributed by atoms with van der Waals surface area (Å²) in [4.78, 5) is 7.20. The Labute approximate surface area is 132 Å². The Bertz CT molecular complexity index is 628. The van der Waals surface area contributed by atoms with Crippen LogP contribution in [0.3, 0.4) is 0 Å². The van der Waals surface area contributed by atoms with Crippen LogP contribution in [0.15, 0.2) is 24.3 Å². The third-order valence-corrected chi connectivity index (χ3v) is 4.98. The monoisotopic (exact) mass is 302 g/mol. The van der Waals surface area contributed by atoms with E-state index in [-0.39, 0.29) is 0 Å². The Balaban J connectivity index is 2.02. The molecule has 0 radical (unpaired) electrons. The maximum Gasteiger partial charge on any atom is 0.0721 e. The van der Waals surface area contributed by atoms with E-state index in [1.165, 1.54) is 37.1 Å². The van der Waals surface area contributed by atoms with Gasteiger partial charge in [0.2, 0.25) is 0 Å². The van der Waals surface area contributed by atoms with Gasteiger partial charge in [-0.15, -0.1) is 0 Å². The van der Waals surface area contributed by atoms with Crippen molar-refractivity contribution in [1.29, 1.82) is 0 Å². The molecule has 0 saturated heterocycles. The first-order chi connectivity index (χ1) is 10.2. The van der Waals surface area contributed by atoms with Crippen molar-refractivity contribution in [3.63, 3.8) is 0 Å². The SMILES string of the molecule is CCN(CC)c1ccc2nc(C3CCCC3)cc(Cl)c2c1. The summed E-state index contributed by atoms with van der Waals surface area (Å²) in [5.41, 5.74) is 3.44. The number of benzene rings is 1. The molecule has 1 aromatic carbocycles. The predicted molar refractivity (Wildman–Crippen MR) is 91.5 cm³/mol. The summed E-state index contributed by atoms with van der Waals surface area (Å²) >= 11 is 6.55. The molecule has 21 heavy (non-hydrogen) atoms. The number of hydrogen-bond acceptors (Lipinski definition) is 2. The highest BCUT2D eigenvalue weighted by Crippen LogP contribution is 2.36. The van der Waals surface area contributed by atoms with Crippen LogP contribution in [0, 0.1) is 0 Å². The molecule has 1 saturated carbocycles. The first-order valence-electron chi connectivity index (χ1n) is 8.08. The molecular weight excluding hydrogens is 280 g/mol. The van der Waals surface area contributed by atoms with Gasteiger partial charge in [0, 0.05) is 35.8 Å². The maximum absolute atomic E-state index is 6.55. The van der Waals surface area contributed by atoms with Crippen LogP contribution in [0.25, 0.3) is 10.9 Å². The van der Waals surface area contributed by atoms with Crippen molar-refractivity contribution in [3.05, 3.63) is 35.0 Å². The molecule has 0 unspecified atom stereocenters. The van der Waals surface area contributed by atoms with Crippen LogP contribution in [0.1, 0.15) is 51.1 Å². The molecule has 1 aliphatic carbocycles. The van der Waals surface area contributed by atoms with E-state index in [2.05, 4.69) is 43.0 Å². The second-order valence-electron chi connectivity index (χ2n) is 5.88. The lowest BCUT2D eigenvalue weighted by molar-refractivity contribution is 0.701. The van der Waals surface area contributed by atoms with E-state index in [1.807, 2.05) is 0 Å². The molecule has 0 N–H and O–H groups in total. The van der Waals surface area contributed by atoms with Crippen molar-refractivity contribution in [2.45, 2.75) is 45.4 Å². The van der Waals surface area contributed by atoms with Gasteiger partial charge in [0.05, 0.1) is 10.5 Å². The lowest BCUT2D eigenvalue weighted by Crippen LogP contribution is -2.21. The van der Waals surface area contributed by atoms with E-state index in [0.29, 0.717) is 5.92 Å². The molecule has 1 fully saturated rings. The first-order valence-corrected chi connectivity index (χ1v) is 8.45. The summed E-state index contributed by atoms with van der Waals surface area (Å²) in [6.07, 6.45) is 5.16. The zero-order chi connectivity index (χ0) is 14.8. The van der Waals surface area contributed by atoms with Crippen LogP contribution in [0.4, 0.5) is 5.69 Å². The largest absolute Gasteiger partial charge is 0.372 e. The fourth-order valence-corrected chi connectivity index (χ4v) is 3.67. The summed E-state index contributed by atoms with van der Waals surface area (Å²) in [5.74, 6) is 0.606.